The Morgan fingerprint density at radius 2 is 1.70 bits per heavy atom. The molecule has 3 aromatic carbocycles. The Kier molecular flexibility index (Phi) is 8.49. The summed E-state index contributed by atoms with van der Waals surface area (Å²) < 4.78 is 8.32. The standard InChI is InChI=1S/C31H34N4OS/c37-31(32-21-24-9-3-1-4-10-24)34-33-22-27-23-35(30-14-8-7-13-29(27)30)19-20-36-28-17-15-26(16-18-28)25-11-5-2-6-12-25/h1,3-4,7-10,13-18,22-23,25H,2,5-6,11-12,19-21H2,(H2,32,34,37). The number of benzene rings is 3. The van der Waals surface area contributed by atoms with Crippen molar-refractivity contribution < 1.29 is 4.74 Å². The molecule has 1 aliphatic carbocycles. The highest BCUT2D eigenvalue weighted by Gasteiger charge is 2.15. The molecule has 2 N–H and O–H groups in total. The summed E-state index contributed by atoms with van der Waals surface area (Å²) in [7, 11) is 0. The van der Waals surface area contributed by atoms with Crippen LogP contribution in [0.3, 0.4) is 0 Å². The maximum Gasteiger partial charge on any atom is 0.187 e. The summed E-state index contributed by atoms with van der Waals surface area (Å²) in [5, 5.41) is 9.19. The molecular formula is C31H34N4OS. The van der Waals surface area contributed by atoms with Gasteiger partial charge in [0.25, 0.3) is 0 Å². The molecule has 1 saturated carbocycles. The van der Waals surface area contributed by atoms with Crippen molar-refractivity contribution in [2.75, 3.05) is 6.61 Å². The number of fused-ring (bicyclic) bond motifs is 1. The van der Waals surface area contributed by atoms with Gasteiger partial charge in [0.1, 0.15) is 12.4 Å². The molecule has 1 aromatic heterocycles. The second-order valence-corrected chi connectivity index (χ2v) is 9.99. The Hall–Kier alpha value is -3.64. The maximum absolute atomic E-state index is 6.09. The van der Waals surface area contributed by atoms with Crippen LogP contribution >= 0.6 is 12.2 Å². The highest BCUT2D eigenvalue weighted by molar-refractivity contribution is 7.80. The molecule has 0 unspecified atom stereocenters. The van der Waals surface area contributed by atoms with Gasteiger partial charge in [-0.3, -0.25) is 5.43 Å². The monoisotopic (exact) mass is 510 g/mol. The van der Waals surface area contributed by atoms with Gasteiger partial charge < -0.3 is 14.6 Å². The average Bonchev–Trinajstić information content (AvgIpc) is 3.31. The van der Waals surface area contributed by atoms with Crippen molar-refractivity contribution in [3.63, 3.8) is 0 Å². The van der Waals surface area contributed by atoms with E-state index in [0.29, 0.717) is 18.3 Å². The van der Waals surface area contributed by atoms with E-state index in [-0.39, 0.29) is 0 Å². The number of hydrogen-bond acceptors (Lipinski definition) is 3. The van der Waals surface area contributed by atoms with Crippen LogP contribution in [0.1, 0.15) is 54.7 Å². The van der Waals surface area contributed by atoms with Gasteiger partial charge in [-0.05, 0) is 60.3 Å². The van der Waals surface area contributed by atoms with Gasteiger partial charge in [-0.25, -0.2) is 0 Å². The molecule has 0 radical (unpaired) electrons. The smallest absolute Gasteiger partial charge is 0.187 e. The van der Waals surface area contributed by atoms with Gasteiger partial charge in [0.2, 0.25) is 0 Å². The second-order valence-electron chi connectivity index (χ2n) is 9.59. The molecule has 0 spiro atoms. The van der Waals surface area contributed by atoms with Crippen molar-refractivity contribution in [2.24, 2.45) is 5.10 Å². The number of rotatable bonds is 9. The molecular weight excluding hydrogens is 476 g/mol. The first-order chi connectivity index (χ1) is 18.3. The molecule has 5 nitrogen and oxygen atoms in total. The lowest BCUT2D eigenvalue weighted by molar-refractivity contribution is 0.300. The Morgan fingerprint density at radius 3 is 2.51 bits per heavy atom. The molecule has 37 heavy (non-hydrogen) atoms. The van der Waals surface area contributed by atoms with Crippen LogP contribution in [0.25, 0.3) is 10.9 Å². The SMILES string of the molecule is S=C(NCc1ccccc1)NN=Cc1cn(CCOc2ccc(C3CCCCC3)cc2)c2ccccc12. The van der Waals surface area contributed by atoms with Gasteiger partial charge in [0.05, 0.1) is 12.8 Å². The summed E-state index contributed by atoms with van der Waals surface area (Å²) in [5.41, 5.74) is 7.74. The summed E-state index contributed by atoms with van der Waals surface area (Å²) in [6.45, 7) is 2.01. The zero-order valence-electron chi connectivity index (χ0n) is 21.1. The number of thiocarbonyl (C=S) groups is 1. The first kappa shape index (κ1) is 25.0. The summed E-state index contributed by atoms with van der Waals surface area (Å²) in [5.74, 6) is 1.65. The largest absolute Gasteiger partial charge is 0.492 e. The number of hydrazone groups is 1. The molecule has 1 aliphatic rings. The molecule has 1 heterocycles. The normalized spacial score (nSPS) is 14.2. The van der Waals surface area contributed by atoms with Crippen LogP contribution in [0.4, 0.5) is 0 Å². The first-order valence-corrected chi connectivity index (χ1v) is 13.6. The molecule has 0 aliphatic heterocycles. The summed E-state index contributed by atoms with van der Waals surface area (Å²) in [6, 6.07) is 27.2. The number of ether oxygens (including phenoxy) is 1. The first-order valence-electron chi connectivity index (χ1n) is 13.2. The quantitative estimate of drug-likeness (QED) is 0.148. The van der Waals surface area contributed by atoms with Crippen molar-refractivity contribution in [1.82, 2.24) is 15.3 Å². The molecule has 0 bridgehead atoms. The molecule has 1 fully saturated rings. The Morgan fingerprint density at radius 1 is 0.946 bits per heavy atom. The lowest BCUT2D eigenvalue weighted by atomic mass is 9.84. The van der Waals surface area contributed by atoms with Crippen molar-refractivity contribution in [1.29, 1.82) is 0 Å². The predicted octanol–water partition coefficient (Wildman–Crippen LogP) is 6.77. The van der Waals surface area contributed by atoms with E-state index in [1.54, 1.807) is 0 Å². The summed E-state index contributed by atoms with van der Waals surface area (Å²) >= 11 is 5.36. The highest BCUT2D eigenvalue weighted by Crippen LogP contribution is 2.33. The fraction of sp³-hybridized carbons (Fsp3) is 0.290. The topological polar surface area (TPSA) is 50.6 Å². The average molecular weight is 511 g/mol. The van der Waals surface area contributed by atoms with Gasteiger partial charge in [0, 0.05) is 29.2 Å². The molecule has 0 atom stereocenters. The minimum atomic E-state index is 0.492. The van der Waals surface area contributed by atoms with E-state index >= 15 is 0 Å². The zero-order valence-corrected chi connectivity index (χ0v) is 21.9. The third kappa shape index (κ3) is 6.77. The molecule has 4 aromatic rings. The van der Waals surface area contributed by atoms with Crippen molar-refractivity contribution in [2.45, 2.75) is 51.1 Å². The molecule has 0 saturated heterocycles. The summed E-state index contributed by atoms with van der Waals surface area (Å²) in [4.78, 5) is 0. The number of nitrogens with one attached hydrogen (secondary N) is 2. The Bertz CT molecular complexity index is 1320. The van der Waals surface area contributed by atoms with Crippen LogP contribution in [0.2, 0.25) is 0 Å². The Balaban J connectivity index is 1.15. The van der Waals surface area contributed by atoms with Crippen molar-refractivity contribution in [3.8, 4) is 5.75 Å². The van der Waals surface area contributed by atoms with Crippen LogP contribution in [0, 0.1) is 0 Å². The van der Waals surface area contributed by atoms with Gasteiger partial charge in [-0.2, -0.15) is 5.10 Å². The minimum absolute atomic E-state index is 0.492. The molecule has 5 rings (SSSR count). The molecule has 190 valence electrons. The number of nitrogens with zero attached hydrogens (tertiary/aromatic N) is 2. The third-order valence-corrected chi connectivity index (χ3v) is 7.28. The number of para-hydroxylation sites is 1. The van der Waals surface area contributed by atoms with Gasteiger partial charge in [0.15, 0.2) is 5.11 Å². The Labute approximate surface area is 224 Å². The fourth-order valence-corrected chi connectivity index (χ4v) is 5.20. The van der Waals surface area contributed by atoms with Crippen LogP contribution in [0.5, 0.6) is 5.75 Å². The lowest BCUT2D eigenvalue weighted by Gasteiger charge is -2.22. The van der Waals surface area contributed by atoms with Crippen LogP contribution < -0.4 is 15.5 Å². The van der Waals surface area contributed by atoms with E-state index in [0.717, 1.165) is 34.7 Å². The second kappa shape index (κ2) is 12.5. The van der Waals surface area contributed by atoms with Crippen LogP contribution in [-0.2, 0) is 13.1 Å². The third-order valence-electron chi connectivity index (χ3n) is 7.04. The van der Waals surface area contributed by atoms with Crippen molar-refractivity contribution >= 4 is 34.4 Å². The molecule has 6 heteroatoms. The lowest BCUT2D eigenvalue weighted by Crippen LogP contribution is -2.31. The van der Waals surface area contributed by atoms with Crippen molar-refractivity contribution in [3.05, 3.63) is 102 Å². The highest BCUT2D eigenvalue weighted by atomic mass is 32.1. The number of hydrogen-bond donors (Lipinski definition) is 2. The van der Waals surface area contributed by atoms with E-state index in [9.17, 15) is 0 Å². The van der Waals surface area contributed by atoms with Crippen LogP contribution in [-0.4, -0.2) is 22.5 Å². The van der Waals surface area contributed by atoms with E-state index in [1.165, 1.54) is 43.2 Å². The van der Waals surface area contributed by atoms with E-state index in [2.05, 4.69) is 81.2 Å². The van der Waals surface area contributed by atoms with Crippen LogP contribution in [0.15, 0.2) is 90.2 Å². The number of aromatic nitrogens is 1. The van der Waals surface area contributed by atoms with Gasteiger partial charge in [-0.15, -0.1) is 0 Å². The summed E-state index contributed by atoms with van der Waals surface area (Å²) in [6.07, 6.45) is 10.7. The minimum Gasteiger partial charge on any atom is -0.492 e. The van der Waals surface area contributed by atoms with Gasteiger partial charge in [-0.1, -0.05) is 79.9 Å². The van der Waals surface area contributed by atoms with E-state index in [4.69, 9.17) is 17.0 Å². The van der Waals surface area contributed by atoms with E-state index < -0.39 is 0 Å². The molecule has 0 amide bonds. The zero-order chi connectivity index (χ0) is 25.3. The predicted molar refractivity (Wildman–Crippen MR) is 156 cm³/mol. The van der Waals surface area contributed by atoms with Gasteiger partial charge >= 0.3 is 0 Å². The van der Waals surface area contributed by atoms with E-state index in [1.807, 2.05) is 30.5 Å². The fourth-order valence-electron chi connectivity index (χ4n) is 5.08. The maximum atomic E-state index is 6.09.